The molecule has 0 spiro atoms. The Morgan fingerprint density at radius 1 is 0.812 bits per heavy atom. The molecule has 2 heterocycles. The topological polar surface area (TPSA) is 0 Å². The van der Waals surface area contributed by atoms with Gasteiger partial charge < -0.3 is 0 Å². The van der Waals surface area contributed by atoms with Crippen LogP contribution in [0.2, 0.25) is 0 Å². The fourth-order valence-corrected chi connectivity index (χ4v) is 4.96. The highest BCUT2D eigenvalue weighted by molar-refractivity contribution is 8.01. The van der Waals surface area contributed by atoms with Crippen LogP contribution in [0.15, 0.2) is 43.4 Å². The smallest absolute Gasteiger partial charge is 0.0598 e. The van der Waals surface area contributed by atoms with E-state index >= 15 is 0 Å². The third kappa shape index (κ3) is 4.53. The largest absolute Gasteiger partial charge is 0.137 e. The molecule has 0 aliphatic heterocycles. The van der Waals surface area contributed by atoms with Crippen molar-refractivity contribution in [3.8, 4) is 0 Å². The van der Waals surface area contributed by atoms with Gasteiger partial charge in [0, 0.05) is 0 Å². The maximum Gasteiger partial charge on any atom is 0.0598 e. The molecule has 0 amide bonds. The molecule has 0 unspecified atom stereocenters. The Morgan fingerprint density at radius 3 is 1.69 bits per heavy atom. The van der Waals surface area contributed by atoms with E-state index in [1.54, 1.807) is 0 Å². The zero-order chi connectivity index (χ0) is 11.1. The monoisotopic (exact) mass is 286 g/mol. The summed E-state index contributed by atoms with van der Waals surface area (Å²) in [6.07, 6.45) is 2.64. The first-order chi connectivity index (χ1) is 7.95. The van der Waals surface area contributed by atoms with E-state index < -0.39 is 0 Å². The van der Waals surface area contributed by atoms with E-state index in [0.717, 1.165) is 0 Å². The fourth-order valence-electron chi connectivity index (χ4n) is 1.24. The van der Waals surface area contributed by atoms with Gasteiger partial charge in [-0.15, -0.1) is 46.2 Å². The van der Waals surface area contributed by atoms with Crippen molar-refractivity contribution < 1.29 is 0 Å². The van der Waals surface area contributed by atoms with Gasteiger partial charge in [0.15, 0.2) is 0 Å². The molecular formula is C12H14S4. The van der Waals surface area contributed by atoms with Crippen molar-refractivity contribution >= 4 is 46.2 Å². The average molecular weight is 287 g/mol. The minimum Gasteiger partial charge on any atom is -0.137 e. The predicted octanol–water partition coefficient (Wildman–Crippen LogP) is 5.47. The molecule has 0 bridgehead atoms. The Labute approximate surface area is 113 Å². The number of thiophene rings is 2. The SMILES string of the molecule is c1csc(SCCCCSc2cccs2)c1. The summed E-state index contributed by atoms with van der Waals surface area (Å²) in [7, 11) is 0. The zero-order valence-electron chi connectivity index (χ0n) is 8.93. The van der Waals surface area contributed by atoms with Gasteiger partial charge >= 0.3 is 0 Å². The second-order valence-corrected chi connectivity index (χ2v) is 7.95. The third-order valence-electron chi connectivity index (χ3n) is 2.02. The van der Waals surface area contributed by atoms with E-state index in [0.29, 0.717) is 0 Å². The summed E-state index contributed by atoms with van der Waals surface area (Å²) in [6.45, 7) is 0. The Hall–Kier alpha value is 0.1000. The van der Waals surface area contributed by atoms with E-state index in [2.05, 4.69) is 35.0 Å². The summed E-state index contributed by atoms with van der Waals surface area (Å²) < 4.78 is 2.90. The zero-order valence-corrected chi connectivity index (χ0v) is 12.2. The van der Waals surface area contributed by atoms with Crippen LogP contribution in [-0.2, 0) is 0 Å². The van der Waals surface area contributed by atoms with Crippen LogP contribution in [0.5, 0.6) is 0 Å². The fraction of sp³-hybridized carbons (Fsp3) is 0.333. The van der Waals surface area contributed by atoms with Gasteiger partial charge in [-0.05, 0) is 47.2 Å². The average Bonchev–Trinajstić information content (AvgIpc) is 2.96. The van der Waals surface area contributed by atoms with Crippen molar-refractivity contribution in [1.29, 1.82) is 0 Å². The van der Waals surface area contributed by atoms with Gasteiger partial charge in [-0.1, -0.05) is 12.1 Å². The van der Waals surface area contributed by atoms with Gasteiger partial charge in [0.1, 0.15) is 0 Å². The highest BCUT2D eigenvalue weighted by Gasteiger charge is 1.96. The highest BCUT2D eigenvalue weighted by Crippen LogP contribution is 2.26. The van der Waals surface area contributed by atoms with Crippen LogP contribution in [0, 0.1) is 0 Å². The van der Waals surface area contributed by atoms with Crippen molar-refractivity contribution in [2.75, 3.05) is 11.5 Å². The quantitative estimate of drug-likeness (QED) is 0.488. The lowest BCUT2D eigenvalue weighted by Crippen LogP contribution is -1.82. The molecule has 0 atom stereocenters. The molecule has 0 aromatic carbocycles. The highest BCUT2D eigenvalue weighted by atomic mass is 32.2. The lowest BCUT2D eigenvalue weighted by molar-refractivity contribution is 0.908. The van der Waals surface area contributed by atoms with Gasteiger partial charge in [-0.25, -0.2) is 0 Å². The van der Waals surface area contributed by atoms with Crippen molar-refractivity contribution in [2.24, 2.45) is 0 Å². The maximum atomic E-state index is 2.20. The Kier molecular flexibility index (Phi) is 5.83. The first-order valence-corrected chi connectivity index (χ1v) is 9.01. The molecule has 0 aliphatic rings. The van der Waals surface area contributed by atoms with Crippen LogP contribution in [0.25, 0.3) is 0 Å². The van der Waals surface area contributed by atoms with Gasteiger partial charge in [-0.2, -0.15) is 0 Å². The van der Waals surface area contributed by atoms with Gasteiger partial charge in [0.2, 0.25) is 0 Å². The van der Waals surface area contributed by atoms with Crippen LogP contribution in [-0.4, -0.2) is 11.5 Å². The maximum absolute atomic E-state index is 2.20. The standard InChI is InChI=1S/C12H14S4/c1(7-13-11-5-3-9-15-11)2-8-14-12-6-4-10-16-12/h3-6,9-10H,1-2,7-8H2. The second kappa shape index (κ2) is 7.43. The van der Waals surface area contributed by atoms with E-state index in [-0.39, 0.29) is 0 Å². The molecular weight excluding hydrogens is 272 g/mol. The summed E-state index contributed by atoms with van der Waals surface area (Å²) in [4.78, 5) is 0. The van der Waals surface area contributed by atoms with Gasteiger partial charge in [0.05, 0.1) is 8.42 Å². The molecule has 0 aliphatic carbocycles. The molecule has 2 rings (SSSR count). The Balaban J connectivity index is 1.49. The molecule has 4 heteroatoms. The van der Waals surface area contributed by atoms with Gasteiger partial charge in [-0.3, -0.25) is 0 Å². The molecule has 0 saturated heterocycles. The normalized spacial score (nSPS) is 10.8. The van der Waals surface area contributed by atoms with E-state index in [1.165, 1.54) is 32.8 Å². The number of thioether (sulfide) groups is 2. The third-order valence-corrected chi connectivity index (χ3v) is 6.45. The summed E-state index contributed by atoms with van der Waals surface area (Å²) >= 11 is 7.66. The van der Waals surface area contributed by atoms with Crippen LogP contribution in [0.3, 0.4) is 0 Å². The molecule has 16 heavy (non-hydrogen) atoms. The summed E-state index contributed by atoms with van der Waals surface area (Å²) in [5.41, 5.74) is 0. The lowest BCUT2D eigenvalue weighted by Gasteiger charge is -1.99. The predicted molar refractivity (Wildman–Crippen MR) is 79.3 cm³/mol. The van der Waals surface area contributed by atoms with Crippen LogP contribution in [0.4, 0.5) is 0 Å². The molecule has 0 nitrogen and oxygen atoms in total. The van der Waals surface area contributed by atoms with E-state index in [1.807, 2.05) is 46.2 Å². The molecule has 2 aromatic heterocycles. The first kappa shape index (κ1) is 12.6. The number of hydrogen-bond acceptors (Lipinski definition) is 4. The number of rotatable bonds is 7. The minimum atomic E-state index is 1.26. The van der Waals surface area contributed by atoms with Crippen LogP contribution >= 0.6 is 46.2 Å². The van der Waals surface area contributed by atoms with Gasteiger partial charge in [0.25, 0.3) is 0 Å². The molecule has 0 fully saturated rings. The minimum absolute atomic E-state index is 1.26. The number of hydrogen-bond donors (Lipinski definition) is 0. The summed E-state index contributed by atoms with van der Waals surface area (Å²) in [5.74, 6) is 2.51. The van der Waals surface area contributed by atoms with E-state index in [4.69, 9.17) is 0 Å². The number of unbranched alkanes of at least 4 members (excludes halogenated alkanes) is 1. The van der Waals surface area contributed by atoms with Crippen LogP contribution < -0.4 is 0 Å². The second-order valence-electron chi connectivity index (χ2n) is 3.27. The Bertz CT molecular complexity index is 325. The van der Waals surface area contributed by atoms with Crippen molar-refractivity contribution in [3.63, 3.8) is 0 Å². The molecule has 86 valence electrons. The molecule has 2 aromatic rings. The first-order valence-electron chi connectivity index (χ1n) is 5.28. The molecule has 0 radical (unpaired) electrons. The van der Waals surface area contributed by atoms with Crippen molar-refractivity contribution in [2.45, 2.75) is 21.3 Å². The van der Waals surface area contributed by atoms with Crippen molar-refractivity contribution in [1.82, 2.24) is 0 Å². The van der Waals surface area contributed by atoms with Crippen LogP contribution in [0.1, 0.15) is 12.8 Å². The van der Waals surface area contributed by atoms with Crippen molar-refractivity contribution in [3.05, 3.63) is 35.0 Å². The van der Waals surface area contributed by atoms with E-state index in [9.17, 15) is 0 Å². The lowest BCUT2D eigenvalue weighted by atomic mass is 10.4. The Morgan fingerprint density at radius 2 is 1.31 bits per heavy atom. The summed E-state index contributed by atoms with van der Waals surface area (Å²) in [5, 5.41) is 4.30. The summed E-state index contributed by atoms with van der Waals surface area (Å²) in [6, 6.07) is 8.66. The molecule has 0 N–H and O–H groups in total. The molecule has 0 saturated carbocycles.